The van der Waals surface area contributed by atoms with Gasteiger partial charge in [0.25, 0.3) is 5.91 Å². The maximum Gasteiger partial charge on any atom is 0.433 e. The Balaban J connectivity index is 1.66. The molecule has 0 bridgehead atoms. The highest BCUT2D eigenvalue weighted by molar-refractivity contribution is 6.04. The Kier molecular flexibility index (Phi) is 6.09. The number of hydrogen-bond donors (Lipinski definition) is 1. The molecule has 3 aromatic rings. The monoisotopic (exact) mass is 484 g/mol. The summed E-state index contributed by atoms with van der Waals surface area (Å²) in [7, 11) is 0. The highest BCUT2D eigenvalue weighted by Crippen LogP contribution is 2.39. The second-order valence-electron chi connectivity index (χ2n) is 8.13. The lowest BCUT2D eigenvalue weighted by Crippen LogP contribution is -2.19. The third-order valence-electron chi connectivity index (χ3n) is 5.80. The van der Waals surface area contributed by atoms with Crippen LogP contribution >= 0.6 is 0 Å². The molecule has 1 N–H and O–H groups in total. The number of pyridine rings is 1. The number of hydrogen-bond acceptors (Lipinski definition) is 4. The molecule has 0 atom stereocenters. The fraction of sp³-hybridized carbons (Fsp3) is 0.364. The molecular weight excluding hydrogens is 466 g/mol. The molecule has 0 unspecified atom stereocenters. The SMILES string of the molecule is O=CC1CCC(n2cc3cc(NC(=O)c4cccc(C(F)(F)F)n4)c(C(F)(F)F)cc3n2)CC1. The topological polar surface area (TPSA) is 76.9 Å². The minimum atomic E-state index is -4.86. The van der Waals surface area contributed by atoms with Gasteiger partial charge in [0, 0.05) is 17.5 Å². The summed E-state index contributed by atoms with van der Waals surface area (Å²) in [6.45, 7) is 0. The quantitative estimate of drug-likeness (QED) is 0.384. The second-order valence-corrected chi connectivity index (χ2v) is 8.13. The number of benzene rings is 1. The summed E-state index contributed by atoms with van der Waals surface area (Å²) in [5.41, 5.74) is -3.76. The molecule has 4 rings (SSSR count). The molecule has 1 saturated carbocycles. The number of amides is 1. The molecule has 0 spiro atoms. The van der Waals surface area contributed by atoms with E-state index in [0.29, 0.717) is 37.1 Å². The largest absolute Gasteiger partial charge is 0.433 e. The van der Waals surface area contributed by atoms with Gasteiger partial charge in [-0.1, -0.05) is 6.07 Å². The van der Waals surface area contributed by atoms with Crippen LogP contribution in [0.25, 0.3) is 10.9 Å². The lowest BCUT2D eigenvalue weighted by atomic mass is 9.87. The molecule has 34 heavy (non-hydrogen) atoms. The lowest BCUT2D eigenvalue weighted by Gasteiger charge is -2.25. The Morgan fingerprint density at radius 1 is 1.03 bits per heavy atom. The average molecular weight is 484 g/mol. The molecule has 12 heteroatoms. The van der Waals surface area contributed by atoms with Crippen LogP contribution in [0.5, 0.6) is 0 Å². The van der Waals surface area contributed by atoms with Crippen molar-refractivity contribution in [1.29, 1.82) is 0 Å². The number of aldehydes is 1. The van der Waals surface area contributed by atoms with Crippen molar-refractivity contribution in [3.05, 3.63) is 53.5 Å². The molecule has 2 heterocycles. The smallest absolute Gasteiger partial charge is 0.320 e. The first kappa shape index (κ1) is 23.7. The minimum absolute atomic E-state index is 0.0377. The van der Waals surface area contributed by atoms with E-state index in [1.807, 2.05) is 5.32 Å². The molecule has 1 aliphatic carbocycles. The number of fused-ring (bicyclic) bond motifs is 1. The minimum Gasteiger partial charge on any atom is -0.320 e. The summed E-state index contributed by atoms with van der Waals surface area (Å²) in [5, 5.41) is 6.62. The normalized spacial score (nSPS) is 19.2. The van der Waals surface area contributed by atoms with Gasteiger partial charge in [-0.25, -0.2) is 4.98 Å². The van der Waals surface area contributed by atoms with Crippen LogP contribution in [0.15, 0.2) is 36.5 Å². The maximum atomic E-state index is 13.7. The van der Waals surface area contributed by atoms with E-state index >= 15 is 0 Å². The van der Waals surface area contributed by atoms with Gasteiger partial charge < -0.3 is 10.1 Å². The van der Waals surface area contributed by atoms with E-state index < -0.39 is 40.9 Å². The third-order valence-corrected chi connectivity index (χ3v) is 5.80. The van der Waals surface area contributed by atoms with Gasteiger partial charge in [-0.05, 0) is 49.9 Å². The number of nitrogens with one attached hydrogen (secondary N) is 1. The van der Waals surface area contributed by atoms with Crippen LogP contribution in [-0.2, 0) is 17.1 Å². The van der Waals surface area contributed by atoms with Crippen LogP contribution in [0, 0.1) is 5.92 Å². The van der Waals surface area contributed by atoms with Crippen LogP contribution in [0.3, 0.4) is 0 Å². The second kappa shape index (κ2) is 8.73. The van der Waals surface area contributed by atoms with E-state index in [2.05, 4.69) is 10.1 Å². The number of carbonyl (C=O) groups is 2. The highest BCUT2D eigenvalue weighted by atomic mass is 19.4. The molecule has 0 aliphatic heterocycles. The van der Waals surface area contributed by atoms with Gasteiger partial charge >= 0.3 is 12.4 Å². The van der Waals surface area contributed by atoms with E-state index in [0.717, 1.165) is 30.6 Å². The Labute approximate surface area is 189 Å². The van der Waals surface area contributed by atoms with Crippen molar-refractivity contribution in [2.24, 2.45) is 5.92 Å². The van der Waals surface area contributed by atoms with Crippen LogP contribution in [-0.4, -0.2) is 27.0 Å². The Hall–Kier alpha value is -3.44. The fourth-order valence-electron chi connectivity index (χ4n) is 4.02. The van der Waals surface area contributed by atoms with Crippen LogP contribution in [0.1, 0.15) is 53.5 Å². The molecule has 1 aliphatic rings. The van der Waals surface area contributed by atoms with Crippen molar-refractivity contribution < 1.29 is 35.9 Å². The van der Waals surface area contributed by atoms with Gasteiger partial charge in [0.15, 0.2) is 0 Å². The number of rotatable bonds is 4. The Morgan fingerprint density at radius 3 is 2.35 bits per heavy atom. The number of carbonyl (C=O) groups excluding carboxylic acids is 2. The summed E-state index contributed by atoms with van der Waals surface area (Å²) >= 11 is 0. The number of halogens is 6. The molecule has 2 aromatic heterocycles. The zero-order chi connectivity index (χ0) is 24.7. The van der Waals surface area contributed by atoms with E-state index in [9.17, 15) is 35.9 Å². The first-order valence-corrected chi connectivity index (χ1v) is 10.4. The van der Waals surface area contributed by atoms with Crippen LogP contribution in [0.2, 0.25) is 0 Å². The Bertz CT molecular complexity index is 1230. The van der Waals surface area contributed by atoms with Gasteiger partial charge in [-0.3, -0.25) is 9.48 Å². The maximum absolute atomic E-state index is 13.7. The fourth-order valence-corrected chi connectivity index (χ4v) is 4.02. The zero-order valence-corrected chi connectivity index (χ0v) is 17.5. The first-order chi connectivity index (χ1) is 16.0. The third kappa shape index (κ3) is 4.90. The molecule has 1 aromatic carbocycles. The standard InChI is InChI=1S/C22H18F6N4O2/c23-21(24,25)15-9-17-13(10-32(31-17)14-6-4-12(11-33)5-7-14)8-18(15)30-20(34)16-2-1-3-19(29-16)22(26,27)28/h1-3,8-12,14H,4-7H2,(H,30,34). The number of anilines is 1. The van der Waals surface area contributed by atoms with Crippen molar-refractivity contribution in [2.75, 3.05) is 5.32 Å². The predicted molar refractivity (Wildman–Crippen MR) is 109 cm³/mol. The molecule has 180 valence electrons. The van der Waals surface area contributed by atoms with Crippen molar-refractivity contribution in [3.8, 4) is 0 Å². The van der Waals surface area contributed by atoms with Gasteiger partial charge in [0.1, 0.15) is 17.7 Å². The van der Waals surface area contributed by atoms with E-state index in [1.54, 1.807) is 10.9 Å². The number of aromatic nitrogens is 3. The van der Waals surface area contributed by atoms with Crippen LogP contribution in [0.4, 0.5) is 32.0 Å². The Morgan fingerprint density at radius 2 is 1.74 bits per heavy atom. The summed E-state index contributed by atoms with van der Waals surface area (Å²) in [6.07, 6.45) is -4.61. The summed E-state index contributed by atoms with van der Waals surface area (Å²) < 4.78 is 81.3. The summed E-state index contributed by atoms with van der Waals surface area (Å²) in [6, 6.07) is 4.38. The predicted octanol–water partition coefficient (Wildman–Crippen LogP) is 5.65. The van der Waals surface area contributed by atoms with Gasteiger partial charge in [-0.15, -0.1) is 0 Å². The van der Waals surface area contributed by atoms with Crippen molar-refractivity contribution >= 4 is 28.8 Å². The van der Waals surface area contributed by atoms with E-state index in [-0.39, 0.29) is 17.5 Å². The van der Waals surface area contributed by atoms with Gasteiger partial charge in [0.05, 0.1) is 22.8 Å². The molecule has 0 radical (unpaired) electrons. The average Bonchev–Trinajstić information content (AvgIpc) is 3.20. The van der Waals surface area contributed by atoms with Crippen LogP contribution < -0.4 is 5.32 Å². The highest BCUT2D eigenvalue weighted by Gasteiger charge is 2.36. The van der Waals surface area contributed by atoms with Crippen molar-refractivity contribution in [2.45, 2.75) is 44.1 Å². The number of alkyl halides is 6. The summed E-state index contributed by atoms with van der Waals surface area (Å²) in [5.74, 6) is -1.25. The van der Waals surface area contributed by atoms with E-state index in [1.165, 1.54) is 0 Å². The van der Waals surface area contributed by atoms with Gasteiger partial charge in [-0.2, -0.15) is 31.4 Å². The summed E-state index contributed by atoms with van der Waals surface area (Å²) in [4.78, 5) is 26.6. The molecule has 0 saturated heterocycles. The first-order valence-electron chi connectivity index (χ1n) is 10.4. The number of nitrogens with zero attached hydrogens (tertiary/aromatic N) is 3. The lowest BCUT2D eigenvalue weighted by molar-refractivity contribution is -0.141. The molecule has 1 amide bonds. The molecule has 1 fully saturated rings. The molecule has 6 nitrogen and oxygen atoms in total. The zero-order valence-electron chi connectivity index (χ0n) is 17.5. The van der Waals surface area contributed by atoms with E-state index in [4.69, 9.17) is 0 Å². The van der Waals surface area contributed by atoms with Crippen molar-refractivity contribution in [1.82, 2.24) is 14.8 Å². The molecular formula is C22H18F6N4O2. The van der Waals surface area contributed by atoms with Gasteiger partial charge in [0.2, 0.25) is 0 Å². The van der Waals surface area contributed by atoms with Crippen molar-refractivity contribution in [3.63, 3.8) is 0 Å².